The van der Waals surface area contributed by atoms with Gasteiger partial charge in [0.2, 0.25) is 0 Å². The molecule has 0 fully saturated rings. The molecule has 0 unspecified atom stereocenters. The van der Waals surface area contributed by atoms with Gasteiger partial charge in [-0.05, 0) is 6.92 Å². The van der Waals surface area contributed by atoms with E-state index in [1.807, 2.05) is 12.2 Å². The van der Waals surface area contributed by atoms with Gasteiger partial charge in [-0.2, -0.15) is 5.12 Å². The molecular weight excluding hydrogens is 102 g/mol. The van der Waals surface area contributed by atoms with E-state index in [0.29, 0.717) is 0 Å². The minimum absolute atomic E-state index is 0.967. The Kier molecular flexibility index (Phi) is 4.95. The number of hydrogen-bond donors (Lipinski definition) is 2. The van der Waals surface area contributed by atoms with Gasteiger partial charge in [0.1, 0.15) is 0 Å². The lowest BCUT2D eigenvalue weighted by molar-refractivity contribution is 0.142. The molecule has 3 heteroatoms. The molecule has 0 aromatic heterocycles. The molecule has 0 amide bonds. The average Bonchev–Trinajstić information content (AvgIpc) is 1.83. The zero-order chi connectivity index (χ0) is 6.41. The molecule has 0 saturated carbocycles. The molecule has 0 spiro atoms. The maximum absolute atomic E-state index is 3.10. The molecule has 0 bridgehead atoms. The molecule has 8 heavy (non-hydrogen) atoms. The van der Waals surface area contributed by atoms with Crippen molar-refractivity contribution in [2.75, 3.05) is 20.1 Å². The molecule has 0 aliphatic rings. The summed E-state index contributed by atoms with van der Waals surface area (Å²) in [5, 5.41) is 1.93. The van der Waals surface area contributed by atoms with Crippen molar-refractivity contribution in [2.24, 2.45) is 0 Å². The number of nitrogens with zero attached hydrogens (tertiary/aromatic N) is 1. The van der Waals surface area contributed by atoms with Crippen molar-refractivity contribution >= 4 is 0 Å². The van der Waals surface area contributed by atoms with Crippen LogP contribution < -0.4 is 10.9 Å². The van der Waals surface area contributed by atoms with Crippen LogP contribution in [0.3, 0.4) is 0 Å². The van der Waals surface area contributed by atoms with Crippen LogP contribution >= 0.6 is 0 Å². The molecule has 0 heterocycles. The van der Waals surface area contributed by atoms with Gasteiger partial charge in [0.25, 0.3) is 0 Å². The third-order valence-corrected chi connectivity index (χ3v) is 0.935. The second-order valence-corrected chi connectivity index (χ2v) is 1.48. The van der Waals surface area contributed by atoms with Crippen molar-refractivity contribution in [3.05, 3.63) is 0 Å². The van der Waals surface area contributed by atoms with Gasteiger partial charge in [-0.25, -0.2) is 10.9 Å². The lowest BCUT2D eigenvalue weighted by atomic mass is 10.7. The van der Waals surface area contributed by atoms with Gasteiger partial charge in [0, 0.05) is 20.1 Å². The van der Waals surface area contributed by atoms with Crippen molar-refractivity contribution in [3.8, 4) is 0 Å². The number of hydrazine groups is 2. The summed E-state index contributed by atoms with van der Waals surface area (Å²) in [5.41, 5.74) is 6.08. The van der Waals surface area contributed by atoms with E-state index in [4.69, 9.17) is 0 Å². The Hall–Kier alpha value is -0.120. The van der Waals surface area contributed by atoms with Crippen LogP contribution in [0, 0.1) is 0 Å². The summed E-state index contributed by atoms with van der Waals surface area (Å²) >= 11 is 0. The highest BCUT2D eigenvalue weighted by Gasteiger charge is 1.90. The largest absolute Gasteiger partial charge is 0.245 e. The zero-order valence-electron chi connectivity index (χ0n) is 5.86. The number of hydrogen-bond acceptors (Lipinski definition) is 3. The van der Waals surface area contributed by atoms with E-state index in [0.717, 1.165) is 13.1 Å². The summed E-state index contributed by atoms with van der Waals surface area (Å²) in [6, 6.07) is 0. The summed E-state index contributed by atoms with van der Waals surface area (Å²) in [7, 11) is 1.90. The summed E-state index contributed by atoms with van der Waals surface area (Å²) in [6.45, 7) is 6.10. The summed E-state index contributed by atoms with van der Waals surface area (Å²) < 4.78 is 0. The van der Waals surface area contributed by atoms with Crippen LogP contribution in [0.25, 0.3) is 0 Å². The van der Waals surface area contributed by atoms with Gasteiger partial charge in [0.15, 0.2) is 0 Å². The van der Waals surface area contributed by atoms with Gasteiger partial charge in [0.05, 0.1) is 0 Å². The van der Waals surface area contributed by atoms with E-state index in [2.05, 4.69) is 24.7 Å². The summed E-state index contributed by atoms with van der Waals surface area (Å²) in [5.74, 6) is 0. The molecule has 50 valence electrons. The SMILES string of the molecule is CCNN(CC)NC. The lowest BCUT2D eigenvalue weighted by Crippen LogP contribution is -2.45. The second-order valence-electron chi connectivity index (χ2n) is 1.48. The van der Waals surface area contributed by atoms with Gasteiger partial charge in [-0.3, -0.25) is 0 Å². The molecule has 0 rings (SSSR count). The first-order chi connectivity index (χ1) is 3.85. The van der Waals surface area contributed by atoms with Gasteiger partial charge in [-0.1, -0.05) is 6.92 Å². The van der Waals surface area contributed by atoms with E-state index in [1.54, 1.807) is 0 Å². The third-order valence-electron chi connectivity index (χ3n) is 0.935. The van der Waals surface area contributed by atoms with E-state index < -0.39 is 0 Å². The Labute approximate surface area is 51.0 Å². The Morgan fingerprint density at radius 1 is 1.38 bits per heavy atom. The van der Waals surface area contributed by atoms with E-state index in [-0.39, 0.29) is 0 Å². The molecule has 2 N–H and O–H groups in total. The van der Waals surface area contributed by atoms with Crippen molar-refractivity contribution in [2.45, 2.75) is 13.8 Å². The fourth-order valence-electron chi connectivity index (χ4n) is 0.540. The van der Waals surface area contributed by atoms with Crippen LogP contribution in [0.4, 0.5) is 0 Å². The second kappa shape index (κ2) is 5.03. The lowest BCUT2D eigenvalue weighted by Gasteiger charge is -2.18. The molecule has 0 saturated heterocycles. The minimum atomic E-state index is 0.967. The van der Waals surface area contributed by atoms with Gasteiger partial charge < -0.3 is 0 Å². The van der Waals surface area contributed by atoms with Crippen molar-refractivity contribution in [1.29, 1.82) is 0 Å². The average molecular weight is 117 g/mol. The molecule has 0 aliphatic carbocycles. The summed E-state index contributed by atoms with van der Waals surface area (Å²) in [4.78, 5) is 0. The highest BCUT2D eigenvalue weighted by atomic mass is 15.7. The van der Waals surface area contributed by atoms with Crippen LogP contribution in [-0.4, -0.2) is 25.3 Å². The van der Waals surface area contributed by atoms with Crippen LogP contribution in [0.15, 0.2) is 0 Å². The number of nitrogens with one attached hydrogen (secondary N) is 2. The topological polar surface area (TPSA) is 27.3 Å². The van der Waals surface area contributed by atoms with Crippen LogP contribution in [-0.2, 0) is 0 Å². The van der Waals surface area contributed by atoms with Crippen LogP contribution in [0.5, 0.6) is 0 Å². The smallest absolute Gasteiger partial charge is 0.0259 e. The zero-order valence-corrected chi connectivity index (χ0v) is 5.86. The first kappa shape index (κ1) is 7.88. The standard InChI is InChI=1S/C5H15N3/c1-4-7-8(5-2)6-3/h6-7H,4-5H2,1-3H3. The van der Waals surface area contributed by atoms with E-state index in [9.17, 15) is 0 Å². The fraction of sp³-hybridized carbons (Fsp3) is 1.00. The summed E-state index contributed by atoms with van der Waals surface area (Å²) in [6.07, 6.45) is 0. The van der Waals surface area contributed by atoms with Crippen LogP contribution in [0.2, 0.25) is 0 Å². The first-order valence-electron chi connectivity index (χ1n) is 3.03. The molecule has 0 aromatic rings. The quantitative estimate of drug-likeness (QED) is 0.506. The Morgan fingerprint density at radius 2 is 2.00 bits per heavy atom. The normalized spacial score (nSPS) is 10.5. The van der Waals surface area contributed by atoms with E-state index >= 15 is 0 Å². The maximum Gasteiger partial charge on any atom is 0.0259 e. The highest BCUT2D eigenvalue weighted by Crippen LogP contribution is 1.68. The Morgan fingerprint density at radius 3 is 2.12 bits per heavy atom. The highest BCUT2D eigenvalue weighted by molar-refractivity contribution is 4.33. The Balaban J connectivity index is 3.07. The Bertz CT molecular complexity index is 42.9. The fourth-order valence-corrected chi connectivity index (χ4v) is 0.540. The first-order valence-corrected chi connectivity index (χ1v) is 3.03. The van der Waals surface area contributed by atoms with Crippen molar-refractivity contribution in [3.63, 3.8) is 0 Å². The maximum atomic E-state index is 3.10. The molecule has 0 aromatic carbocycles. The third kappa shape index (κ3) is 2.96. The molecule has 0 atom stereocenters. The van der Waals surface area contributed by atoms with Gasteiger partial charge in [-0.15, -0.1) is 0 Å². The molecule has 0 radical (unpaired) electrons. The monoisotopic (exact) mass is 117 g/mol. The van der Waals surface area contributed by atoms with Crippen LogP contribution in [0.1, 0.15) is 13.8 Å². The molecular formula is C5H15N3. The minimum Gasteiger partial charge on any atom is -0.245 e. The molecule has 0 aliphatic heterocycles. The van der Waals surface area contributed by atoms with Gasteiger partial charge >= 0.3 is 0 Å². The van der Waals surface area contributed by atoms with Crippen molar-refractivity contribution in [1.82, 2.24) is 16.0 Å². The van der Waals surface area contributed by atoms with Crippen molar-refractivity contribution < 1.29 is 0 Å². The predicted molar refractivity (Wildman–Crippen MR) is 35.1 cm³/mol. The number of rotatable bonds is 4. The molecule has 3 nitrogen and oxygen atoms in total. The van der Waals surface area contributed by atoms with E-state index in [1.165, 1.54) is 0 Å². The predicted octanol–water partition coefficient (Wildman–Crippen LogP) is -0.0328.